The molecule has 8 heteroatoms. The number of rotatable bonds is 6. The van der Waals surface area contributed by atoms with Gasteiger partial charge in [0.25, 0.3) is 5.91 Å². The number of benzene rings is 2. The largest absolute Gasteiger partial charge is 0.484 e. The number of hydrogen-bond donors (Lipinski definition) is 1. The summed E-state index contributed by atoms with van der Waals surface area (Å²) in [6.45, 7) is 5.88. The molecule has 1 aliphatic rings. The lowest BCUT2D eigenvalue weighted by atomic mass is 10.1. The Kier molecular flexibility index (Phi) is 6.44. The van der Waals surface area contributed by atoms with Crippen molar-refractivity contribution in [1.82, 2.24) is 4.31 Å². The van der Waals surface area contributed by atoms with Gasteiger partial charge in [-0.15, -0.1) is 0 Å². The number of amides is 1. The topological polar surface area (TPSA) is 79.0 Å². The third-order valence-electron chi connectivity index (χ3n) is 4.79. The molecule has 1 amide bonds. The third kappa shape index (κ3) is 5.71. The van der Waals surface area contributed by atoms with Crippen LogP contribution in [0.1, 0.15) is 11.1 Å². The zero-order chi connectivity index (χ0) is 21.0. The molecular formula is C21H27N3O4S. The Morgan fingerprint density at radius 1 is 1.03 bits per heavy atom. The predicted molar refractivity (Wildman–Crippen MR) is 115 cm³/mol. The van der Waals surface area contributed by atoms with Gasteiger partial charge in [-0.05, 0) is 49.2 Å². The van der Waals surface area contributed by atoms with E-state index in [2.05, 4.69) is 10.2 Å². The summed E-state index contributed by atoms with van der Waals surface area (Å²) in [6.07, 6.45) is 1.23. The fourth-order valence-corrected chi connectivity index (χ4v) is 4.29. The van der Waals surface area contributed by atoms with Gasteiger partial charge in [-0.25, -0.2) is 8.42 Å². The molecule has 3 rings (SSSR count). The van der Waals surface area contributed by atoms with Crippen molar-refractivity contribution in [2.75, 3.05) is 49.3 Å². The number of aryl methyl sites for hydroxylation is 2. The second-order valence-electron chi connectivity index (χ2n) is 7.33. The lowest BCUT2D eigenvalue weighted by molar-refractivity contribution is -0.118. The number of nitrogens with zero attached hydrogens (tertiary/aromatic N) is 2. The molecule has 1 fully saturated rings. The average Bonchev–Trinajstić information content (AvgIpc) is 2.66. The number of piperazine rings is 1. The van der Waals surface area contributed by atoms with Crippen LogP contribution < -0.4 is 15.0 Å². The molecule has 29 heavy (non-hydrogen) atoms. The molecule has 1 N–H and O–H groups in total. The maximum absolute atomic E-state index is 12.4. The molecule has 0 spiro atoms. The van der Waals surface area contributed by atoms with Crippen LogP contribution in [0.15, 0.2) is 42.5 Å². The number of hydrogen-bond acceptors (Lipinski definition) is 5. The SMILES string of the molecule is Cc1cc(C)cc(OCC(=O)Nc2ccccc2N2CCN(S(C)(=O)=O)CC2)c1. The van der Waals surface area contributed by atoms with Crippen LogP contribution in [0.3, 0.4) is 0 Å². The molecule has 7 nitrogen and oxygen atoms in total. The van der Waals surface area contributed by atoms with Gasteiger partial charge >= 0.3 is 0 Å². The Balaban J connectivity index is 1.62. The fourth-order valence-electron chi connectivity index (χ4n) is 3.47. The second kappa shape index (κ2) is 8.84. The molecule has 1 heterocycles. The molecular weight excluding hydrogens is 390 g/mol. The van der Waals surface area contributed by atoms with Gasteiger partial charge in [0.2, 0.25) is 10.0 Å². The Morgan fingerprint density at radius 2 is 1.66 bits per heavy atom. The van der Waals surface area contributed by atoms with Crippen molar-refractivity contribution in [2.45, 2.75) is 13.8 Å². The van der Waals surface area contributed by atoms with Gasteiger partial charge < -0.3 is 15.0 Å². The molecule has 2 aromatic rings. The molecule has 1 saturated heterocycles. The summed E-state index contributed by atoms with van der Waals surface area (Å²) >= 11 is 0. The summed E-state index contributed by atoms with van der Waals surface area (Å²) in [4.78, 5) is 14.5. The van der Waals surface area contributed by atoms with Gasteiger partial charge in [0.15, 0.2) is 6.61 Å². The first-order chi connectivity index (χ1) is 13.7. The first-order valence-corrected chi connectivity index (χ1v) is 11.4. The van der Waals surface area contributed by atoms with E-state index in [1.54, 1.807) is 0 Å². The first-order valence-electron chi connectivity index (χ1n) is 9.52. The minimum atomic E-state index is -3.18. The molecule has 0 bridgehead atoms. The van der Waals surface area contributed by atoms with Crippen LogP contribution in [0.2, 0.25) is 0 Å². The molecule has 0 aromatic heterocycles. The number of nitrogens with one attached hydrogen (secondary N) is 1. The molecule has 1 aliphatic heterocycles. The number of para-hydroxylation sites is 2. The first kappa shape index (κ1) is 21.1. The summed E-state index contributed by atoms with van der Waals surface area (Å²) in [5, 5.41) is 2.91. The highest BCUT2D eigenvalue weighted by Gasteiger charge is 2.24. The van der Waals surface area contributed by atoms with Gasteiger partial charge in [0.1, 0.15) is 5.75 Å². The number of sulfonamides is 1. The van der Waals surface area contributed by atoms with Gasteiger partial charge in [-0.2, -0.15) is 4.31 Å². The van der Waals surface area contributed by atoms with Gasteiger partial charge in [0.05, 0.1) is 17.6 Å². The van der Waals surface area contributed by atoms with Crippen molar-refractivity contribution in [2.24, 2.45) is 0 Å². The monoisotopic (exact) mass is 417 g/mol. The summed E-state index contributed by atoms with van der Waals surface area (Å²) in [6, 6.07) is 13.4. The Bertz CT molecular complexity index is 963. The van der Waals surface area contributed by atoms with Crippen LogP contribution in [-0.4, -0.2) is 57.7 Å². The Hall–Kier alpha value is -2.58. The van der Waals surface area contributed by atoms with E-state index < -0.39 is 10.0 Å². The molecule has 0 radical (unpaired) electrons. The van der Waals surface area contributed by atoms with Crippen LogP contribution in [-0.2, 0) is 14.8 Å². The molecule has 0 aliphatic carbocycles. The predicted octanol–water partition coefficient (Wildman–Crippen LogP) is 2.40. The normalized spacial score (nSPS) is 15.2. The second-order valence-corrected chi connectivity index (χ2v) is 9.31. The third-order valence-corrected chi connectivity index (χ3v) is 6.09. The smallest absolute Gasteiger partial charge is 0.262 e. The minimum absolute atomic E-state index is 0.0842. The summed E-state index contributed by atoms with van der Waals surface area (Å²) in [5.74, 6) is 0.425. The standard InChI is InChI=1S/C21H27N3O4S/c1-16-12-17(2)14-18(13-16)28-15-21(25)22-19-6-4-5-7-20(19)23-8-10-24(11-9-23)29(3,26)27/h4-7,12-14H,8-11,15H2,1-3H3,(H,22,25). The molecule has 0 atom stereocenters. The van der Waals surface area contributed by atoms with Gasteiger partial charge in [0, 0.05) is 26.2 Å². The maximum atomic E-state index is 12.4. The Morgan fingerprint density at radius 3 is 2.28 bits per heavy atom. The zero-order valence-corrected chi connectivity index (χ0v) is 17.8. The highest BCUT2D eigenvalue weighted by atomic mass is 32.2. The van der Waals surface area contributed by atoms with Crippen molar-refractivity contribution in [3.8, 4) is 5.75 Å². The van der Waals surface area contributed by atoms with E-state index in [0.29, 0.717) is 37.6 Å². The molecule has 156 valence electrons. The van der Waals surface area contributed by atoms with Crippen molar-refractivity contribution in [3.05, 3.63) is 53.6 Å². The van der Waals surface area contributed by atoms with E-state index in [1.165, 1.54) is 10.6 Å². The zero-order valence-electron chi connectivity index (χ0n) is 17.0. The van der Waals surface area contributed by atoms with Gasteiger partial charge in [-0.1, -0.05) is 18.2 Å². The van der Waals surface area contributed by atoms with E-state index in [-0.39, 0.29) is 12.5 Å². The van der Waals surface area contributed by atoms with Crippen LogP contribution in [0.4, 0.5) is 11.4 Å². The van der Waals surface area contributed by atoms with Crippen molar-refractivity contribution >= 4 is 27.3 Å². The van der Waals surface area contributed by atoms with Crippen LogP contribution in [0, 0.1) is 13.8 Å². The molecule has 0 saturated carbocycles. The van der Waals surface area contributed by atoms with Crippen molar-refractivity contribution in [1.29, 1.82) is 0 Å². The molecule has 2 aromatic carbocycles. The van der Waals surface area contributed by atoms with Crippen LogP contribution in [0.5, 0.6) is 5.75 Å². The summed E-state index contributed by atoms with van der Waals surface area (Å²) < 4.78 is 30.5. The van der Waals surface area contributed by atoms with Crippen LogP contribution in [0.25, 0.3) is 0 Å². The number of anilines is 2. The lowest BCUT2D eigenvalue weighted by Crippen LogP contribution is -2.48. The highest BCUT2D eigenvalue weighted by Crippen LogP contribution is 2.27. The lowest BCUT2D eigenvalue weighted by Gasteiger charge is -2.35. The van der Waals surface area contributed by atoms with Crippen molar-refractivity contribution in [3.63, 3.8) is 0 Å². The number of ether oxygens (including phenoxy) is 1. The van der Waals surface area contributed by atoms with Crippen molar-refractivity contribution < 1.29 is 17.9 Å². The quantitative estimate of drug-likeness (QED) is 0.781. The number of carbonyl (C=O) groups is 1. The van der Waals surface area contributed by atoms with E-state index >= 15 is 0 Å². The summed E-state index contributed by atoms with van der Waals surface area (Å²) in [5.41, 5.74) is 3.73. The Labute approximate surface area is 172 Å². The molecule has 0 unspecified atom stereocenters. The minimum Gasteiger partial charge on any atom is -0.484 e. The number of carbonyl (C=O) groups excluding carboxylic acids is 1. The van der Waals surface area contributed by atoms with E-state index in [9.17, 15) is 13.2 Å². The summed E-state index contributed by atoms with van der Waals surface area (Å²) in [7, 11) is -3.18. The maximum Gasteiger partial charge on any atom is 0.262 e. The van der Waals surface area contributed by atoms with E-state index in [4.69, 9.17) is 4.74 Å². The average molecular weight is 418 g/mol. The van der Waals surface area contributed by atoms with Crippen LogP contribution >= 0.6 is 0 Å². The fraction of sp³-hybridized carbons (Fsp3) is 0.381. The van der Waals surface area contributed by atoms with E-state index in [0.717, 1.165) is 16.8 Å². The van der Waals surface area contributed by atoms with E-state index in [1.807, 2.05) is 56.3 Å². The highest BCUT2D eigenvalue weighted by molar-refractivity contribution is 7.88. The van der Waals surface area contributed by atoms with Gasteiger partial charge in [-0.3, -0.25) is 4.79 Å².